The predicted molar refractivity (Wildman–Crippen MR) is 104 cm³/mol. The third kappa shape index (κ3) is 3.57. The molecule has 0 saturated heterocycles. The number of nitrogen functional groups attached to an aromatic ring is 1. The van der Waals surface area contributed by atoms with Gasteiger partial charge in [-0.3, -0.25) is 4.98 Å². The van der Waals surface area contributed by atoms with Gasteiger partial charge in [-0.25, -0.2) is 19.0 Å². The third-order valence-corrected chi connectivity index (χ3v) is 4.28. The number of nitrogens with zero attached hydrogens (tertiary/aromatic N) is 6. The quantitative estimate of drug-likeness (QED) is 0.589. The van der Waals surface area contributed by atoms with Crippen molar-refractivity contribution in [3.8, 4) is 22.6 Å². The van der Waals surface area contributed by atoms with Gasteiger partial charge in [-0.2, -0.15) is 0 Å². The van der Waals surface area contributed by atoms with Crippen LogP contribution in [0.25, 0.3) is 22.6 Å². The number of benzene rings is 1. The summed E-state index contributed by atoms with van der Waals surface area (Å²) in [6, 6.07) is 12.6. The molecule has 2 N–H and O–H groups in total. The average molecular weight is 375 g/mol. The third-order valence-electron chi connectivity index (χ3n) is 4.28. The number of aromatic nitrogens is 6. The fraction of sp³-hybridized carbons (Fsp3) is 0.150. The number of nitrogens with two attached hydrogens (primary N) is 1. The summed E-state index contributed by atoms with van der Waals surface area (Å²) in [5, 5.41) is 8.30. The standard InChI is InChI=1S/C20H18FN7/c1-12-5-3-8-15(19(12)21)16-9-17(25-20(22)24-16)18-11-28(27-26-18)10-14-7-4-6-13(2)23-14/h3-9,11H,10H2,1-2H3,(H2,22,24,25). The topological polar surface area (TPSA) is 95.4 Å². The van der Waals surface area contributed by atoms with Gasteiger partial charge >= 0.3 is 0 Å². The summed E-state index contributed by atoms with van der Waals surface area (Å²) in [6.45, 7) is 4.12. The molecule has 28 heavy (non-hydrogen) atoms. The smallest absolute Gasteiger partial charge is 0.221 e. The van der Waals surface area contributed by atoms with Crippen LogP contribution in [0.1, 0.15) is 17.0 Å². The zero-order valence-corrected chi connectivity index (χ0v) is 15.5. The molecule has 140 valence electrons. The summed E-state index contributed by atoms with van der Waals surface area (Å²) in [6.07, 6.45) is 1.75. The Bertz CT molecular complexity index is 1150. The number of halogens is 1. The maximum atomic E-state index is 14.5. The van der Waals surface area contributed by atoms with E-state index in [1.165, 1.54) is 0 Å². The molecule has 0 aliphatic rings. The van der Waals surface area contributed by atoms with E-state index in [0.717, 1.165) is 11.4 Å². The lowest BCUT2D eigenvalue weighted by Crippen LogP contribution is -2.03. The average Bonchev–Trinajstić information content (AvgIpc) is 3.12. The molecule has 0 spiro atoms. The molecule has 0 amide bonds. The Morgan fingerprint density at radius 3 is 2.57 bits per heavy atom. The highest BCUT2D eigenvalue weighted by molar-refractivity contribution is 5.68. The molecule has 0 atom stereocenters. The maximum Gasteiger partial charge on any atom is 0.221 e. The molecular weight excluding hydrogens is 357 g/mol. The van der Waals surface area contributed by atoms with E-state index in [2.05, 4.69) is 25.3 Å². The van der Waals surface area contributed by atoms with E-state index < -0.39 is 0 Å². The van der Waals surface area contributed by atoms with Crippen molar-refractivity contribution in [1.29, 1.82) is 0 Å². The zero-order chi connectivity index (χ0) is 19.7. The zero-order valence-electron chi connectivity index (χ0n) is 15.5. The lowest BCUT2D eigenvalue weighted by Gasteiger charge is -2.07. The molecule has 3 aromatic heterocycles. The highest BCUT2D eigenvalue weighted by atomic mass is 19.1. The van der Waals surface area contributed by atoms with E-state index in [9.17, 15) is 4.39 Å². The van der Waals surface area contributed by atoms with Gasteiger partial charge in [0.1, 0.15) is 11.5 Å². The van der Waals surface area contributed by atoms with Gasteiger partial charge in [0.05, 0.1) is 29.8 Å². The van der Waals surface area contributed by atoms with Gasteiger partial charge in [-0.15, -0.1) is 5.10 Å². The monoisotopic (exact) mass is 375 g/mol. The second-order valence-electron chi connectivity index (χ2n) is 6.50. The normalized spacial score (nSPS) is 11.0. The van der Waals surface area contributed by atoms with E-state index >= 15 is 0 Å². The highest BCUT2D eigenvalue weighted by Crippen LogP contribution is 2.26. The first kappa shape index (κ1) is 17.7. The molecule has 0 unspecified atom stereocenters. The summed E-state index contributed by atoms with van der Waals surface area (Å²) in [4.78, 5) is 12.9. The van der Waals surface area contributed by atoms with E-state index in [1.807, 2.05) is 25.1 Å². The van der Waals surface area contributed by atoms with E-state index in [1.54, 1.807) is 42.1 Å². The number of hydrogen-bond donors (Lipinski definition) is 1. The molecule has 0 aliphatic carbocycles. The van der Waals surface area contributed by atoms with Crippen molar-refractivity contribution in [3.63, 3.8) is 0 Å². The summed E-state index contributed by atoms with van der Waals surface area (Å²) in [5.74, 6) is -0.288. The largest absolute Gasteiger partial charge is 0.368 e. The van der Waals surface area contributed by atoms with Crippen molar-refractivity contribution in [2.45, 2.75) is 20.4 Å². The molecule has 0 radical (unpaired) electrons. The van der Waals surface area contributed by atoms with E-state index in [-0.39, 0.29) is 11.8 Å². The van der Waals surface area contributed by atoms with Gasteiger partial charge in [-0.1, -0.05) is 23.4 Å². The Balaban J connectivity index is 1.68. The highest BCUT2D eigenvalue weighted by Gasteiger charge is 2.14. The van der Waals surface area contributed by atoms with Gasteiger partial charge in [0.15, 0.2) is 0 Å². The molecule has 0 saturated carbocycles. The van der Waals surface area contributed by atoms with Crippen LogP contribution in [0.3, 0.4) is 0 Å². The second-order valence-corrected chi connectivity index (χ2v) is 6.50. The van der Waals surface area contributed by atoms with Gasteiger partial charge < -0.3 is 5.73 Å². The minimum atomic E-state index is -0.333. The van der Waals surface area contributed by atoms with Crippen molar-refractivity contribution in [2.24, 2.45) is 0 Å². The molecule has 8 heteroatoms. The van der Waals surface area contributed by atoms with Crippen LogP contribution in [0.5, 0.6) is 0 Å². The number of rotatable bonds is 4. The number of aryl methyl sites for hydroxylation is 2. The van der Waals surface area contributed by atoms with Crippen LogP contribution in [0.2, 0.25) is 0 Å². The molecule has 1 aromatic carbocycles. The van der Waals surface area contributed by atoms with Gasteiger partial charge in [-0.05, 0) is 43.7 Å². The SMILES string of the molecule is Cc1cccc(Cn2cc(-c3cc(-c4cccc(C)c4F)nc(N)n3)nn2)n1. The first-order valence-corrected chi connectivity index (χ1v) is 8.72. The Morgan fingerprint density at radius 2 is 1.75 bits per heavy atom. The van der Waals surface area contributed by atoms with Crippen molar-refractivity contribution >= 4 is 5.95 Å². The molecule has 0 aliphatic heterocycles. The lowest BCUT2D eigenvalue weighted by atomic mass is 10.1. The molecule has 4 aromatic rings. The van der Waals surface area contributed by atoms with Crippen molar-refractivity contribution in [1.82, 2.24) is 29.9 Å². The summed E-state index contributed by atoms with van der Waals surface area (Å²) >= 11 is 0. The van der Waals surface area contributed by atoms with Crippen molar-refractivity contribution in [2.75, 3.05) is 5.73 Å². The van der Waals surface area contributed by atoms with E-state index in [0.29, 0.717) is 34.8 Å². The minimum absolute atomic E-state index is 0.0447. The molecule has 4 rings (SSSR count). The van der Waals surface area contributed by atoms with Gasteiger partial charge in [0.25, 0.3) is 0 Å². The first-order valence-electron chi connectivity index (χ1n) is 8.72. The number of anilines is 1. The van der Waals surface area contributed by atoms with Crippen LogP contribution < -0.4 is 5.73 Å². The second kappa shape index (κ2) is 7.15. The van der Waals surface area contributed by atoms with E-state index in [4.69, 9.17) is 5.73 Å². The Labute approximate surface area is 161 Å². The minimum Gasteiger partial charge on any atom is -0.368 e. The van der Waals surface area contributed by atoms with Gasteiger partial charge in [0, 0.05) is 11.3 Å². The maximum absolute atomic E-state index is 14.5. The fourth-order valence-corrected chi connectivity index (χ4v) is 2.93. The van der Waals surface area contributed by atoms with Crippen molar-refractivity contribution in [3.05, 3.63) is 71.4 Å². The van der Waals surface area contributed by atoms with Gasteiger partial charge in [0.2, 0.25) is 5.95 Å². The fourth-order valence-electron chi connectivity index (χ4n) is 2.93. The Morgan fingerprint density at radius 1 is 0.964 bits per heavy atom. The molecule has 3 heterocycles. The van der Waals surface area contributed by atoms with Crippen LogP contribution in [0.4, 0.5) is 10.3 Å². The summed E-state index contributed by atoms with van der Waals surface area (Å²) in [5.41, 5.74) is 9.98. The van der Waals surface area contributed by atoms with Crippen LogP contribution in [0, 0.1) is 19.7 Å². The molecule has 7 nitrogen and oxygen atoms in total. The first-order chi connectivity index (χ1) is 13.5. The Kier molecular flexibility index (Phi) is 4.52. The summed E-state index contributed by atoms with van der Waals surface area (Å²) in [7, 11) is 0. The lowest BCUT2D eigenvalue weighted by molar-refractivity contribution is 0.621. The van der Waals surface area contributed by atoms with Crippen LogP contribution in [0.15, 0.2) is 48.7 Å². The summed E-state index contributed by atoms with van der Waals surface area (Å²) < 4.78 is 16.2. The molecule has 0 fully saturated rings. The molecular formula is C20H18FN7. The van der Waals surface area contributed by atoms with Crippen LogP contribution in [-0.2, 0) is 6.54 Å². The van der Waals surface area contributed by atoms with Crippen LogP contribution >= 0.6 is 0 Å². The Hall–Kier alpha value is -3.68. The van der Waals surface area contributed by atoms with Crippen LogP contribution in [-0.4, -0.2) is 29.9 Å². The molecule has 0 bridgehead atoms. The number of pyridine rings is 1. The number of hydrogen-bond acceptors (Lipinski definition) is 6. The van der Waals surface area contributed by atoms with Crippen molar-refractivity contribution < 1.29 is 4.39 Å². The predicted octanol–water partition coefficient (Wildman–Crippen LogP) is 3.18.